The van der Waals surface area contributed by atoms with E-state index in [9.17, 15) is 4.79 Å². The molecule has 7 nitrogen and oxygen atoms in total. The smallest absolute Gasteiger partial charge is 0.250 e. The molecule has 0 saturated heterocycles. The molecule has 7 heteroatoms. The Kier molecular flexibility index (Phi) is 3.41. The van der Waals surface area contributed by atoms with Gasteiger partial charge in [0.1, 0.15) is 19.3 Å². The van der Waals surface area contributed by atoms with Crippen LogP contribution in [0.3, 0.4) is 0 Å². The van der Waals surface area contributed by atoms with Crippen LogP contribution >= 0.6 is 0 Å². The SMILES string of the molecule is COCC(=O)Nc1ccc(-n2cncn2)nc1. The molecule has 2 aromatic rings. The Morgan fingerprint density at radius 2 is 2.41 bits per heavy atom. The maximum absolute atomic E-state index is 11.2. The van der Waals surface area contributed by atoms with Crippen molar-refractivity contribution in [1.82, 2.24) is 19.7 Å². The lowest BCUT2D eigenvalue weighted by atomic mass is 10.4. The first-order valence-electron chi connectivity index (χ1n) is 4.89. The Hall–Kier alpha value is -2.28. The quantitative estimate of drug-likeness (QED) is 0.818. The third-order valence-corrected chi connectivity index (χ3v) is 1.96. The molecule has 17 heavy (non-hydrogen) atoms. The van der Waals surface area contributed by atoms with Crippen molar-refractivity contribution >= 4 is 11.6 Å². The molecule has 0 atom stereocenters. The lowest BCUT2D eigenvalue weighted by Crippen LogP contribution is -2.17. The largest absolute Gasteiger partial charge is 0.375 e. The molecule has 0 radical (unpaired) electrons. The highest BCUT2D eigenvalue weighted by Gasteiger charge is 2.02. The third kappa shape index (κ3) is 2.85. The van der Waals surface area contributed by atoms with Crippen molar-refractivity contribution in [1.29, 1.82) is 0 Å². The fourth-order valence-electron chi connectivity index (χ4n) is 1.25. The Balaban J connectivity index is 2.06. The van der Waals surface area contributed by atoms with E-state index in [1.165, 1.54) is 18.1 Å². The zero-order chi connectivity index (χ0) is 12.1. The number of ether oxygens (including phenoxy) is 1. The minimum absolute atomic E-state index is 0.0187. The van der Waals surface area contributed by atoms with Crippen molar-refractivity contribution in [2.24, 2.45) is 0 Å². The van der Waals surface area contributed by atoms with Crippen molar-refractivity contribution in [3.05, 3.63) is 31.0 Å². The number of nitrogens with one attached hydrogen (secondary N) is 1. The molecule has 88 valence electrons. The molecule has 0 aliphatic carbocycles. The van der Waals surface area contributed by atoms with Gasteiger partial charge in [0.2, 0.25) is 5.91 Å². The van der Waals surface area contributed by atoms with Gasteiger partial charge in [-0.3, -0.25) is 4.79 Å². The molecule has 2 rings (SSSR count). The molecule has 2 heterocycles. The summed E-state index contributed by atoms with van der Waals surface area (Å²) in [5.74, 6) is 0.412. The average Bonchev–Trinajstić information content (AvgIpc) is 2.84. The summed E-state index contributed by atoms with van der Waals surface area (Å²) in [6, 6.07) is 3.47. The zero-order valence-corrected chi connectivity index (χ0v) is 9.20. The summed E-state index contributed by atoms with van der Waals surface area (Å²) in [5, 5.41) is 6.59. The number of hydrogen-bond donors (Lipinski definition) is 1. The van der Waals surface area contributed by atoms with E-state index in [0.717, 1.165) is 0 Å². The minimum Gasteiger partial charge on any atom is -0.375 e. The number of carbonyl (C=O) groups is 1. The zero-order valence-electron chi connectivity index (χ0n) is 9.20. The second-order valence-electron chi connectivity index (χ2n) is 3.23. The van der Waals surface area contributed by atoms with Gasteiger partial charge in [0.25, 0.3) is 0 Å². The number of nitrogens with zero attached hydrogens (tertiary/aromatic N) is 4. The highest BCUT2D eigenvalue weighted by atomic mass is 16.5. The van der Waals surface area contributed by atoms with Crippen LogP contribution in [-0.2, 0) is 9.53 Å². The topological polar surface area (TPSA) is 81.9 Å². The van der Waals surface area contributed by atoms with Crippen LogP contribution in [0.25, 0.3) is 5.82 Å². The predicted molar refractivity (Wildman–Crippen MR) is 59.7 cm³/mol. The van der Waals surface area contributed by atoms with Crippen LogP contribution in [0.2, 0.25) is 0 Å². The summed E-state index contributed by atoms with van der Waals surface area (Å²) < 4.78 is 6.23. The lowest BCUT2D eigenvalue weighted by Gasteiger charge is -2.04. The summed E-state index contributed by atoms with van der Waals surface area (Å²) in [7, 11) is 1.46. The lowest BCUT2D eigenvalue weighted by molar-refractivity contribution is -0.119. The monoisotopic (exact) mass is 233 g/mol. The number of aromatic nitrogens is 4. The number of rotatable bonds is 4. The normalized spacial score (nSPS) is 10.2. The molecular formula is C10H11N5O2. The summed E-state index contributed by atoms with van der Waals surface area (Å²) in [6.07, 6.45) is 4.52. The highest BCUT2D eigenvalue weighted by molar-refractivity contribution is 5.91. The van der Waals surface area contributed by atoms with Crippen molar-refractivity contribution < 1.29 is 9.53 Å². The molecule has 0 aliphatic rings. The molecule has 1 amide bonds. The standard InChI is InChI=1S/C10H11N5O2/c1-17-5-10(16)14-8-2-3-9(12-4-8)15-7-11-6-13-15/h2-4,6-7H,5H2,1H3,(H,14,16). The fourth-order valence-corrected chi connectivity index (χ4v) is 1.25. The van der Waals surface area contributed by atoms with E-state index in [1.54, 1.807) is 24.7 Å². The molecule has 2 aromatic heterocycles. The predicted octanol–water partition coefficient (Wildman–Crippen LogP) is 0.247. The Morgan fingerprint density at radius 1 is 1.53 bits per heavy atom. The van der Waals surface area contributed by atoms with Crippen molar-refractivity contribution in [2.45, 2.75) is 0 Å². The van der Waals surface area contributed by atoms with E-state index in [-0.39, 0.29) is 12.5 Å². The number of anilines is 1. The first kappa shape index (κ1) is 11.2. The van der Waals surface area contributed by atoms with E-state index in [2.05, 4.69) is 20.4 Å². The van der Waals surface area contributed by atoms with E-state index >= 15 is 0 Å². The van der Waals surface area contributed by atoms with Gasteiger partial charge in [-0.2, -0.15) is 5.10 Å². The van der Waals surface area contributed by atoms with Crippen LogP contribution in [0.15, 0.2) is 31.0 Å². The van der Waals surface area contributed by atoms with Gasteiger partial charge in [-0.25, -0.2) is 14.6 Å². The first-order valence-corrected chi connectivity index (χ1v) is 4.89. The van der Waals surface area contributed by atoms with Gasteiger partial charge in [-0.1, -0.05) is 0 Å². The number of pyridine rings is 1. The second kappa shape index (κ2) is 5.17. The summed E-state index contributed by atoms with van der Waals surface area (Å²) in [5.41, 5.74) is 0.607. The third-order valence-electron chi connectivity index (χ3n) is 1.96. The van der Waals surface area contributed by atoms with E-state index < -0.39 is 0 Å². The molecule has 1 N–H and O–H groups in total. The maximum Gasteiger partial charge on any atom is 0.250 e. The minimum atomic E-state index is -0.220. The van der Waals surface area contributed by atoms with Gasteiger partial charge in [0, 0.05) is 7.11 Å². The average molecular weight is 233 g/mol. The maximum atomic E-state index is 11.2. The molecule has 0 saturated carbocycles. The van der Waals surface area contributed by atoms with Crippen LogP contribution < -0.4 is 5.32 Å². The Morgan fingerprint density at radius 3 is 3.00 bits per heavy atom. The van der Waals surface area contributed by atoms with Crippen LogP contribution in [0.5, 0.6) is 0 Å². The number of carbonyl (C=O) groups excluding carboxylic acids is 1. The van der Waals surface area contributed by atoms with Gasteiger partial charge >= 0.3 is 0 Å². The number of methoxy groups -OCH3 is 1. The van der Waals surface area contributed by atoms with Crippen LogP contribution in [0.4, 0.5) is 5.69 Å². The van der Waals surface area contributed by atoms with E-state index in [0.29, 0.717) is 11.5 Å². The van der Waals surface area contributed by atoms with Gasteiger partial charge in [-0.15, -0.1) is 0 Å². The Labute approximate surface area is 97.5 Å². The van der Waals surface area contributed by atoms with Crippen LogP contribution in [0, 0.1) is 0 Å². The fraction of sp³-hybridized carbons (Fsp3) is 0.200. The van der Waals surface area contributed by atoms with Crippen molar-refractivity contribution in [3.8, 4) is 5.82 Å². The van der Waals surface area contributed by atoms with Crippen LogP contribution in [-0.4, -0.2) is 39.4 Å². The van der Waals surface area contributed by atoms with Crippen molar-refractivity contribution in [3.63, 3.8) is 0 Å². The molecular weight excluding hydrogens is 222 g/mol. The summed E-state index contributed by atoms with van der Waals surface area (Å²) in [6.45, 7) is 0.0187. The molecule has 0 bridgehead atoms. The van der Waals surface area contributed by atoms with Gasteiger partial charge < -0.3 is 10.1 Å². The molecule has 0 unspecified atom stereocenters. The first-order chi connectivity index (χ1) is 8.29. The summed E-state index contributed by atoms with van der Waals surface area (Å²) >= 11 is 0. The summed E-state index contributed by atoms with van der Waals surface area (Å²) in [4.78, 5) is 19.2. The van der Waals surface area contributed by atoms with Gasteiger partial charge in [0.05, 0.1) is 11.9 Å². The van der Waals surface area contributed by atoms with E-state index in [1.807, 2.05) is 0 Å². The molecule has 0 aliphatic heterocycles. The van der Waals surface area contributed by atoms with Crippen molar-refractivity contribution in [2.75, 3.05) is 19.0 Å². The van der Waals surface area contributed by atoms with Gasteiger partial charge in [0.15, 0.2) is 5.82 Å². The van der Waals surface area contributed by atoms with E-state index in [4.69, 9.17) is 4.74 Å². The van der Waals surface area contributed by atoms with Crippen LogP contribution in [0.1, 0.15) is 0 Å². The highest BCUT2D eigenvalue weighted by Crippen LogP contribution is 2.08. The molecule has 0 aromatic carbocycles. The molecule has 0 fully saturated rings. The molecule has 0 spiro atoms. The number of amides is 1. The number of hydrogen-bond acceptors (Lipinski definition) is 5. The Bertz CT molecular complexity index is 480. The van der Waals surface area contributed by atoms with Gasteiger partial charge in [-0.05, 0) is 12.1 Å². The second-order valence-corrected chi connectivity index (χ2v) is 3.23.